The Kier molecular flexibility index (Phi) is 1.50. The van der Waals surface area contributed by atoms with Gasteiger partial charge in [-0.2, -0.15) is 0 Å². The molecule has 0 aromatic rings. The first-order chi connectivity index (χ1) is 6.74. The molecule has 0 radical (unpaired) electrons. The van der Waals surface area contributed by atoms with Crippen LogP contribution in [0.1, 0.15) is 17.0 Å². The predicted molar refractivity (Wildman–Crippen MR) is 44.3 cm³/mol. The Bertz CT molecular complexity index is 199. The summed E-state index contributed by atoms with van der Waals surface area (Å²) in [5, 5.41) is 0. The van der Waals surface area contributed by atoms with Gasteiger partial charge in [0.25, 0.3) is 0 Å². The second-order valence-corrected chi connectivity index (χ2v) is 2.85. The van der Waals surface area contributed by atoms with Gasteiger partial charge in [-0.1, -0.05) is 0 Å². The minimum absolute atomic E-state index is 0.125. The molecular formula is C8H16N2O. The SMILES string of the molecule is [2H]CN(C[2H])C(=O)[C@@H]1CCCN1C[2H]. The van der Waals surface area contributed by atoms with Crippen LogP contribution in [0.2, 0.25) is 0 Å². The van der Waals surface area contributed by atoms with E-state index in [9.17, 15) is 4.79 Å². The van der Waals surface area contributed by atoms with E-state index in [0.717, 1.165) is 19.4 Å². The molecule has 0 saturated carbocycles. The van der Waals surface area contributed by atoms with Crippen molar-refractivity contribution in [3.63, 3.8) is 0 Å². The Morgan fingerprint density at radius 3 is 3.18 bits per heavy atom. The van der Waals surface area contributed by atoms with Crippen LogP contribution in [0.25, 0.3) is 0 Å². The molecule has 1 heterocycles. The van der Waals surface area contributed by atoms with Crippen molar-refractivity contribution < 1.29 is 8.91 Å². The van der Waals surface area contributed by atoms with Crippen molar-refractivity contribution in [1.29, 1.82) is 0 Å². The Balaban J connectivity index is 2.58. The highest BCUT2D eigenvalue weighted by Crippen LogP contribution is 2.15. The van der Waals surface area contributed by atoms with Crippen LogP contribution >= 0.6 is 0 Å². The number of hydrogen-bond acceptors (Lipinski definition) is 2. The normalized spacial score (nSPS) is 29.1. The molecule has 1 aliphatic heterocycles. The zero-order chi connectivity index (χ0) is 10.6. The number of likely N-dealkylation sites (tertiary alicyclic amines) is 1. The second-order valence-electron chi connectivity index (χ2n) is 2.85. The van der Waals surface area contributed by atoms with Gasteiger partial charge in [-0.3, -0.25) is 9.69 Å². The van der Waals surface area contributed by atoms with Gasteiger partial charge in [0.15, 0.2) is 0 Å². The summed E-state index contributed by atoms with van der Waals surface area (Å²) in [6, 6.07) is -0.261. The molecule has 1 saturated heterocycles. The Labute approximate surface area is 72.2 Å². The summed E-state index contributed by atoms with van der Waals surface area (Å²) >= 11 is 0. The zero-order valence-electron chi connectivity index (χ0n) is 9.62. The van der Waals surface area contributed by atoms with Gasteiger partial charge < -0.3 is 4.90 Å². The lowest BCUT2D eigenvalue weighted by molar-refractivity contribution is -0.132. The Hall–Kier alpha value is -0.570. The van der Waals surface area contributed by atoms with Gasteiger partial charge in [-0.15, -0.1) is 0 Å². The molecule has 0 N–H and O–H groups in total. The highest BCUT2D eigenvalue weighted by atomic mass is 16.2. The molecule has 0 aliphatic carbocycles. The fraction of sp³-hybridized carbons (Fsp3) is 0.875. The third kappa shape index (κ3) is 1.71. The van der Waals surface area contributed by atoms with E-state index < -0.39 is 0 Å². The third-order valence-electron chi connectivity index (χ3n) is 1.96. The van der Waals surface area contributed by atoms with Gasteiger partial charge in [-0.25, -0.2) is 0 Å². The standard InChI is InChI=1S/C8H16N2O/c1-9(2)8(11)7-5-4-6-10(7)3/h7H,4-6H2,1-3H3/t7-/m0/s1/i1D,2D,3D. The van der Waals surface area contributed by atoms with E-state index in [1.807, 2.05) is 0 Å². The number of nitrogens with zero attached hydrogens (tertiary/aromatic N) is 2. The van der Waals surface area contributed by atoms with Gasteiger partial charge in [0, 0.05) is 18.2 Å². The highest BCUT2D eigenvalue weighted by molar-refractivity contribution is 5.81. The van der Waals surface area contributed by atoms with Crippen molar-refractivity contribution in [2.45, 2.75) is 18.9 Å². The first-order valence-electron chi connectivity index (χ1n) is 5.77. The van der Waals surface area contributed by atoms with Crippen molar-refractivity contribution in [3.05, 3.63) is 0 Å². The van der Waals surface area contributed by atoms with Crippen LogP contribution in [0.3, 0.4) is 0 Å². The van der Waals surface area contributed by atoms with Crippen LogP contribution in [-0.2, 0) is 4.79 Å². The van der Waals surface area contributed by atoms with E-state index in [0.29, 0.717) is 0 Å². The minimum atomic E-state index is -0.261. The van der Waals surface area contributed by atoms with Crippen LogP contribution < -0.4 is 0 Å². The molecule has 3 heteroatoms. The number of rotatable bonds is 1. The van der Waals surface area contributed by atoms with Crippen molar-refractivity contribution >= 4 is 5.91 Å². The maximum atomic E-state index is 11.7. The molecule has 0 aromatic carbocycles. The average molecular weight is 159 g/mol. The lowest BCUT2D eigenvalue weighted by Gasteiger charge is -2.21. The van der Waals surface area contributed by atoms with Crippen molar-refractivity contribution in [3.8, 4) is 0 Å². The monoisotopic (exact) mass is 159 g/mol. The number of carbonyl (C=O) groups is 1. The lowest BCUT2D eigenvalue weighted by Crippen LogP contribution is -2.40. The maximum absolute atomic E-state index is 11.7. The smallest absolute Gasteiger partial charge is 0.239 e. The number of hydrogen-bond donors (Lipinski definition) is 0. The lowest BCUT2D eigenvalue weighted by atomic mass is 10.2. The topological polar surface area (TPSA) is 23.6 Å². The predicted octanol–water partition coefficient (Wildman–Crippen LogP) is 0.169. The fourth-order valence-corrected chi connectivity index (χ4v) is 1.32. The zero-order valence-corrected chi connectivity index (χ0v) is 6.62. The molecule has 11 heavy (non-hydrogen) atoms. The van der Waals surface area contributed by atoms with Crippen molar-refractivity contribution in [2.75, 3.05) is 27.6 Å². The molecule has 3 nitrogen and oxygen atoms in total. The molecule has 1 rings (SSSR count). The van der Waals surface area contributed by atoms with E-state index >= 15 is 0 Å². The number of amides is 1. The molecule has 0 spiro atoms. The van der Waals surface area contributed by atoms with E-state index in [4.69, 9.17) is 4.11 Å². The van der Waals surface area contributed by atoms with E-state index in [-0.39, 0.29) is 33.0 Å². The molecule has 64 valence electrons. The van der Waals surface area contributed by atoms with Gasteiger partial charge in [-0.05, 0) is 26.4 Å². The minimum Gasteiger partial charge on any atom is -0.347 e. The fourth-order valence-electron chi connectivity index (χ4n) is 1.32. The van der Waals surface area contributed by atoms with Crippen LogP contribution in [0.15, 0.2) is 0 Å². The Morgan fingerprint density at radius 2 is 2.55 bits per heavy atom. The second kappa shape index (κ2) is 3.22. The third-order valence-corrected chi connectivity index (χ3v) is 1.96. The first kappa shape index (κ1) is 5.14. The maximum Gasteiger partial charge on any atom is 0.239 e. The summed E-state index contributed by atoms with van der Waals surface area (Å²) in [5.74, 6) is -0.167. The largest absolute Gasteiger partial charge is 0.347 e. The molecule has 0 aromatic heterocycles. The molecule has 1 amide bonds. The summed E-state index contributed by atoms with van der Waals surface area (Å²) in [5.41, 5.74) is 0. The summed E-state index contributed by atoms with van der Waals surface area (Å²) in [6.45, 7) is 0.781. The van der Waals surface area contributed by atoms with Crippen molar-refractivity contribution in [2.24, 2.45) is 0 Å². The summed E-state index contributed by atoms with van der Waals surface area (Å²) in [6.07, 6.45) is 1.69. The van der Waals surface area contributed by atoms with Crippen LogP contribution in [0, 0.1) is 0 Å². The first-order valence-corrected chi connectivity index (χ1v) is 3.65. The molecular weight excluding hydrogens is 140 g/mol. The van der Waals surface area contributed by atoms with Crippen LogP contribution in [-0.4, -0.2) is 49.4 Å². The van der Waals surface area contributed by atoms with Crippen molar-refractivity contribution in [1.82, 2.24) is 9.80 Å². The van der Waals surface area contributed by atoms with Crippen LogP contribution in [0.4, 0.5) is 0 Å². The van der Waals surface area contributed by atoms with Gasteiger partial charge in [0.1, 0.15) is 0 Å². The van der Waals surface area contributed by atoms with Gasteiger partial charge in [0.2, 0.25) is 5.91 Å². The van der Waals surface area contributed by atoms with E-state index in [1.54, 1.807) is 4.90 Å². The highest BCUT2D eigenvalue weighted by Gasteiger charge is 2.28. The quantitative estimate of drug-likeness (QED) is 0.544. The summed E-state index contributed by atoms with van der Waals surface area (Å²) < 4.78 is 21.4. The number of likely N-dealkylation sites (N-methyl/N-ethyl adjacent to an activating group) is 2. The van der Waals surface area contributed by atoms with Gasteiger partial charge >= 0.3 is 0 Å². The Morgan fingerprint density at radius 1 is 1.73 bits per heavy atom. The van der Waals surface area contributed by atoms with Crippen LogP contribution in [0.5, 0.6) is 0 Å². The molecule has 1 atom stereocenters. The van der Waals surface area contributed by atoms with E-state index in [1.165, 1.54) is 4.90 Å². The average Bonchev–Trinajstić information content (AvgIpc) is 2.67. The molecule has 1 aliphatic rings. The van der Waals surface area contributed by atoms with E-state index in [2.05, 4.69) is 0 Å². The number of carbonyl (C=O) groups excluding carboxylic acids is 1. The molecule has 1 fully saturated rings. The molecule has 0 bridgehead atoms. The molecule has 0 unspecified atom stereocenters. The van der Waals surface area contributed by atoms with Gasteiger partial charge in [0.05, 0.1) is 6.04 Å². The summed E-state index contributed by atoms with van der Waals surface area (Å²) in [7, 11) is -0.199. The summed E-state index contributed by atoms with van der Waals surface area (Å²) in [4.78, 5) is 14.7.